The molecule has 0 aliphatic carbocycles. The highest BCUT2D eigenvalue weighted by Crippen LogP contribution is 2.15. The second kappa shape index (κ2) is 32.7. The monoisotopic (exact) mass is 594 g/mol. The molecule has 0 aliphatic rings. The van der Waals surface area contributed by atoms with Gasteiger partial charge in [-0.05, 0) is 44.9 Å². The van der Waals surface area contributed by atoms with Crippen molar-refractivity contribution in [2.24, 2.45) is 0 Å². The summed E-state index contributed by atoms with van der Waals surface area (Å²) in [4.78, 5) is 12.3. The summed E-state index contributed by atoms with van der Waals surface area (Å²) in [6.07, 6.45) is 37.2. The molecule has 0 aromatic heterocycles. The fraction of sp³-hybridized carbons (Fsp3) is 0.865. The van der Waals surface area contributed by atoms with Crippen LogP contribution >= 0.6 is 0 Å². The zero-order chi connectivity index (χ0) is 30.9. The number of aliphatic hydroxyl groups excluding tert-OH is 3. The van der Waals surface area contributed by atoms with Gasteiger partial charge in [0.05, 0.1) is 18.8 Å². The Morgan fingerprint density at radius 1 is 0.595 bits per heavy atom. The van der Waals surface area contributed by atoms with E-state index in [9.17, 15) is 20.1 Å². The van der Waals surface area contributed by atoms with Crippen LogP contribution in [0.3, 0.4) is 0 Å². The zero-order valence-electron chi connectivity index (χ0n) is 27.9. The SMILES string of the molecule is CC/C=C/CC/C=C/CCCC(O)C(O)C(CO)NC(=O)CCCCCCCCCCCCCCCCCCCCC. The van der Waals surface area contributed by atoms with Crippen molar-refractivity contribution in [3.05, 3.63) is 24.3 Å². The molecule has 0 spiro atoms. The molecule has 3 atom stereocenters. The third kappa shape index (κ3) is 27.7. The van der Waals surface area contributed by atoms with E-state index in [1.54, 1.807) is 0 Å². The lowest BCUT2D eigenvalue weighted by Crippen LogP contribution is -2.50. The van der Waals surface area contributed by atoms with Crippen molar-refractivity contribution in [1.29, 1.82) is 0 Å². The molecular formula is C37H71NO4. The Balaban J connectivity index is 3.64. The third-order valence-electron chi connectivity index (χ3n) is 8.30. The van der Waals surface area contributed by atoms with Crippen LogP contribution in [-0.4, -0.2) is 46.1 Å². The number of hydrogen-bond acceptors (Lipinski definition) is 4. The molecule has 248 valence electrons. The molecule has 0 fully saturated rings. The molecular weight excluding hydrogens is 522 g/mol. The number of nitrogens with one attached hydrogen (secondary N) is 1. The van der Waals surface area contributed by atoms with Crippen LogP contribution in [0.1, 0.15) is 181 Å². The van der Waals surface area contributed by atoms with Gasteiger partial charge in [-0.1, -0.05) is 154 Å². The highest BCUT2D eigenvalue weighted by Gasteiger charge is 2.26. The lowest BCUT2D eigenvalue weighted by Gasteiger charge is -2.26. The second-order valence-electron chi connectivity index (χ2n) is 12.4. The predicted octanol–water partition coefficient (Wildman–Crippen LogP) is 9.48. The van der Waals surface area contributed by atoms with Crippen molar-refractivity contribution < 1.29 is 20.1 Å². The first-order valence-electron chi connectivity index (χ1n) is 18.1. The fourth-order valence-electron chi connectivity index (χ4n) is 5.48. The summed E-state index contributed by atoms with van der Waals surface area (Å²) in [6, 6.07) is -0.825. The van der Waals surface area contributed by atoms with Crippen molar-refractivity contribution >= 4 is 5.91 Å². The van der Waals surface area contributed by atoms with E-state index in [2.05, 4.69) is 43.5 Å². The Morgan fingerprint density at radius 2 is 1.02 bits per heavy atom. The number of aliphatic hydroxyl groups is 3. The normalized spacial score (nSPS) is 14.1. The molecule has 0 rings (SSSR count). The Kier molecular flexibility index (Phi) is 31.8. The molecule has 5 heteroatoms. The summed E-state index contributed by atoms with van der Waals surface area (Å²) in [5.41, 5.74) is 0. The molecule has 0 heterocycles. The second-order valence-corrected chi connectivity index (χ2v) is 12.4. The Hall–Kier alpha value is -1.17. The summed E-state index contributed by atoms with van der Waals surface area (Å²) >= 11 is 0. The van der Waals surface area contributed by atoms with Gasteiger partial charge in [-0.25, -0.2) is 0 Å². The fourth-order valence-corrected chi connectivity index (χ4v) is 5.48. The van der Waals surface area contributed by atoms with E-state index >= 15 is 0 Å². The lowest BCUT2D eigenvalue weighted by atomic mass is 10.0. The van der Waals surface area contributed by atoms with E-state index in [1.807, 2.05) is 0 Å². The van der Waals surface area contributed by atoms with Gasteiger partial charge in [0.1, 0.15) is 6.10 Å². The summed E-state index contributed by atoms with van der Waals surface area (Å²) in [5.74, 6) is -0.160. The molecule has 0 aliphatic heterocycles. The van der Waals surface area contributed by atoms with Crippen LogP contribution < -0.4 is 5.32 Å². The molecule has 0 bridgehead atoms. The molecule has 0 aromatic rings. The minimum Gasteiger partial charge on any atom is -0.394 e. The zero-order valence-corrected chi connectivity index (χ0v) is 27.9. The average molecular weight is 594 g/mol. The smallest absolute Gasteiger partial charge is 0.220 e. The molecule has 3 unspecified atom stereocenters. The molecule has 0 radical (unpaired) electrons. The maximum Gasteiger partial charge on any atom is 0.220 e. The van der Waals surface area contributed by atoms with Crippen LogP contribution in [0.25, 0.3) is 0 Å². The Labute approximate surface area is 261 Å². The van der Waals surface area contributed by atoms with E-state index in [4.69, 9.17) is 0 Å². The maximum absolute atomic E-state index is 12.3. The van der Waals surface area contributed by atoms with Gasteiger partial charge in [0.25, 0.3) is 0 Å². The van der Waals surface area contributed by atoms with Crippen LogP contribution in [0.5, 0.6) is 0 Å². The van der Waals surface area contributed by atoms with E-state index in [0.717, 1.165) is 51.4 Å². The van der Waals surface area contributed by atoms with Gasteiger partial charge in [-0.3, -0.25) is 4.79 Å². The van der Waals surface area contributed by atoms with Gasteiger partial charge in [-0.15, -0.1) is 0 Å². The average Bonchev–Trinajstić information content (AvgIpc) is 2.99. The lowest BCUT2D eigenvalue weighted by molar-refractivity contribution is -0.124. The van der Waals surface area contributed by atoms with Crippen molar-refractivity contribution in [3.63, 3.8) is 0 Å². The van der Waals surface area contributed by atoms with Crippen LogP contribution in [0.15, 0.2) is 24.3 Å². The quantitative estimate of drug-likeness (QED) is 0.0462. The van der Waals surface area contributed by atoms with Gasteiger partial charge in [-0.2, -0.15) is 0 Å². The number of allylic oxidation sites excluding steroid dienone is 4. The topological polar surface area (TPSA) is 89.8 Å². The van der Waals surface area contributed by atoms with Crippen molar-refractivity contribution in [2.75, 3.05) is 6.61 Å². The van der Waals surface area contributed by atoms with Gasteiger partial charge in [0, 0.05) is 6.42 Å². The molecule has 5 nitrogen and oxygen atoms in total. The first-order chi connectivity index (χ1) is 20.6. The van der Waals surface area contributed by atoms with Crippen LogP contribution in [0, 0.1) is 0 Å². The first kappa shape index (κ1) is 40.8. The van der Waals surface area contributed by atoms with Gasteiger partial charge in [0.2, 0.25) is 5.91 Å². The molecule has 0 saturated carbocycles. The maximum atomic E-state index is 12.3. The molecule has 42 heavy (non-hydrogen) atoms. The molecule has 4 N–H and O–H groups in total. The summed E-state index contributed by atoms with van der Waals surface area (Å²) in [5, 5.41) is 33.1. The molecule has 1 amide bonds. The largest absolute Gasteiger partial charge is 0.394 e. The van der Waals surface area contributed by atoms with Crippen molar-refractivity contribution in [3.8, 4) is 0 Å². The number of carbonyl (C=O) groups excluding carboxylic acids is 1. The van der Waals surface area contributed by atoms with Crippen molar-refractivity contribution in [1.82, 2.24) is 5.32 Å². The standard InChI is InChI=1S/C37H71NO4/c1-3-5-7-9-11-13-14-15-16-17-18-19-20-21-22-24-26-28-30-32-36(41)38-34(33-39)37(42)35(40)31-29-27-25-23-12-10-8-6-4-2/h6,8,23,25,34-35,37,39-40,42H,3-5,7,9-22,24,26-33H2,1-2H3,(H,38,41)/b8-6+,25-23+. The Morgan fingerprint density at radius 3 is 1.48 bits per heavy atom. The Bertz CT molecular complexity index is 621. The summed E-state index contributed by atoms with van der Waals surface area (Å²) in [6.45, 7) is 4.03. The van der Waals surface area contributed by atoms with Crippen LogP contribution in [-0.2, 0) is 4.79 Å². The number of carbonyl (C=O) groups is 1. The summed E-state index contributed by atoms with van der Waals surface area (Å²) < 4.78 is 0. The summed E-state index contributed by atoms with van der Waals surface area (Å²) in [7, 11) is 0. The van der Waals surface area contributed by atoms with Gasteiger partial charge >= 0.3 is 0 Å². The highest BCUT2D eigenvalue weighted by molar-refractivity contribution is 5.76. The van der Waals surface area contributed by atoms with E-state index in [-0.39, 0.29) is 12.5 Å². The van der Waals surface area contributed by atoms with E-state index < -0.39 is 18.2 Å². The number of rotatable bonds is 32. The number of hydrogen-bond donors (Lipinski definition) is 4. The van der Waals surface area contributed by atoms with Gasteiger partial charge in [0.15, 0.2) is 0 Å². The minimum atomic E-state index is -1.16. The number of unbranched alkanes of at least 4 members (excludes halogenated alkanes) is 20. The molecule has 0 saturated heterocycles. The minimum absolute atomic E-state index is 0.160. The van der Waals surface area contributed by atoms with E-state index in [1.165, 1.54) is 103 Å². The van der Waals surface area contributed by atoms with Gasteiger partial charge < -0.3 is 20.6 Å². The third-order valence-corrected chi connectivity index (χ3v) is 8.30. The van der Waals surface area contributed by atoms with Crippen molar-refractivity contribution in [2.45, 2.75) is 199 Å². The number of amides is 1. The molecule has 0 aromatic carbocycles. The van der Waals surface area contributed by atoms with E-state index in [0.29, 0.717) is 12.8 Å². The first-order valence-corrected chi connectivity index (χ1v) is 18.1. The van der Waals surface area contributed by atoms with Crippen LogP contribution in [0.4, 0.5) is 0 Å². The predicted molar refractivity (Wildman–Crippen MR) is 181 cm³/mol. The van der Waals surface area contributed by atoms with Crippen LogP contribution in [0.2, 0.25) is 0 Å². The highest BCUT2D eigenvalue weighted by atomic mass is 16.3.